The third-order valence-corrected chi connectivity index (χ3v) is 1.13. The van der Waals surface area contributed by atoms with E-state index >= 15 is 0 Å². The van der Waals surface area contributed by atoms with Gasteiger partial charge in [-0.25, -0.2) is 4.79 Å². The summed E-state index contributed by atoms with van der Waals surface area (Å²) in [5.74, 6) is -1.19. The van der Waals surface area contributed by atoms with E-state index in [1.54, 1.807) is 0 Å². The molecule has 0 bridgehead atoms. The number of aliphatic hydroxyl groups excluding tert-OH is 2. The van der Waals surface area contributed by atoms with Gasteiger partial charge in [-0.1, -0.05) is 0 Å². The van der Waals surface area contributed by atoms with Crippen molar-refractivity contribution in [2.75, 3.05) is 34.3 Å². The first-order valence-electron chi connectivity index (χ1n) is 4.03. The Morgan fingerprint density at radius 1 is 1.36 bits per heavy atom. The molecule has 0 saturated heterocycles. The lowest BCUT2D eigenvalue weighted by molar-refractivity contribution is -0.870. The van der Waals surface area contributed by atoms with Crippen LogP contribution in [0.25, 0.3) is 0 Å². The number of likely N-dealkylation sites (N-methyl/N-ethyl adjacent to an activating group) is 1. The van der Waals surface area contributed by atoms with E-state index in [0.717, 1.165) is 11.0 Å². The molecule has 0 aromatic rings. The molecule has 0 spiro atoms. The van der Waals surface area contributed by atoms with E-state index in [0.29, 0.717) is 0 Å². The number of aliphatic carboxylic acids is 1. The molecule has 88 valence electrons. The molecule has 0 radical (unpaired) electrons. The summed E-state index contributed by atoms with van der Waals surface area (Å²) in [6.45, 7) is 2.31. The third kappa shape index (κ3) is 22.6. The smallest absolute Gasteiger partial charge is 0.332 e. The molecule has 0 heterocycles. The maximum Gasteiger partial charge on any atom is 0.332 e. The van der Waals surface area contributed by atoms with Crippen LogP contribution in [0.1, 0.15) is 6.92 Å². The van der Waals surface area contributed by atoms with Crippen LogP contribution >= 0.6 is 0 Å². The highest BCUT2D eigenvalue weighted by atomic mass is 35.5. The van der Waals surface area contributed by atoms with Gasteiger partial charge in [0.25, 0.3) is 0 Å². The highest BCUT2D eigenvalue weighted by Crippen LogP contribution is 1.84. The highest BCUT2D eigenvalue weighted by Gasteiger charge is 2.02. The molecule has 0 saturated carbocycles. The summed E-state index contributed by atoms with van der Waals surface area (Å²) < 4.78 is 0.844. The molecule has 0 fully saturated rings. The Bertz CT molecular complexity index is 145. The van der Waals surface area contributed by atoms with Crippen LogP contribution in [0.5, 0.6) is 0 Å². The normalized spacial score (nSPS) is 11.9. The summed E-state index contributed by atoms with van der Waals surface area (Å²) in [4.78, 5) is 9.45. The summed E-state index contributed by atoms with van der Waals surface area (Å²) in [5.41, 5.74) is 0. The molecule has 0 aliphatic heterocycles. The van der Waals surface area contributed by atoms with Gasteiger partial charge in [-0.2, -0.15) is 0 Å². The van der Waals surface area contributed by atoms with Gasteiger partial charge >= 0.3 is 5.97 Å². The van der Waals surface area contributed by atoms with Crippen molar-refractivity contribution in [3.63, 3.8) is 0 Å². The van der Waals surface area contributed by atoms with Gasteiger partial charge in [0.1, 0.15) is 12.6 Å². The predicted molar refractivity (Wildman–Crippen MR) is 52.1 cm³/mol. The zero-order chi connectivity index (χ0) is 11.1. The van der Waals surface area contributed by atoms with E-state index < -0.39 is 12.1 Å². The minimum absolute atomic E-state index is 0. The molecule has 3 N–H and O–H groups in total. The number of hydrogen-bond acceptors (Lipinski definition) is 3. The fraction of sp³-hybridized carbons (Fsp3) is 0.875. The lowest BCUT2D eigenvalue weighted by atomic mass is 10.4. The van der Waals surface area contributed by atoms with E-state index in [1.807, 2.05) is 0 Å². The minimum Gasteiger partial charge on any atom is -0.479 e. The van der Waals surface area contributed by atoms with Crippen molar-refractivity contribution in [3.05, 3.63) is 0 Å². The van der Waals surface area contributed by atoms with Crippen molar-refractivity contribution < 1.29 is 37.0 Å². The summed E-state index contributed by atoms with van der Waals surface area (Å²) in [7, 11) is 6.16. The lowest BCUT2D eigenvalue weighted by Gasteiger charge is -2.21. The summed E-state index contributed by atoms with van der Waals surface area (Å²) in [6.07, 6.45) is -1.23. The van der Waals surface area contributed by atoms with Crippen LogP contribution in [-0.2, 0) is 4.79 Å². The Kier molecular flexibility index (Phi) is 12.7. The lowest BCUT2D eigenvalue weighted by Crippen LogP contribution is -2.36. The number of carboxylic acids is 1. The van der Waals surface area contributed by atoms with Crippen LogP contribution < -0.4 is 0 Å². The SMILES string of the molecule is CC(O)C(=O)O.C[N+](C)(C)CCO.[ClH2+]. The maximum absolute atomic E-state index is 9.45. The fourth-order valence-corrected chi connectivity index (χ4v) is 0.300. The Morgan fingerprint density at radius 2 is 1.64 bits per heavy atom. The number of rotatable bonds is 3. The van der Waals surface area contributed by atoms with Gasteiger partial charge in [-0.3, -0.25) is 0 Å². The molecule has 0 aromatic carbocycles. The van der Waals surface area contributed by atoms with Crippen molar-refractivity contribution in [1.82, 2.24) is 0 Å². The molecule has 1 atom stereocenters. The van der Waals surface area contributed by atoms with Crippen LogP contribution in [0.15, 0.2) is 0 Å². The number of aliphatic hydroxyl groups is 2. The van der Waals surface area contributed by atoms with E-state index in [-0.39, 0.29) is 19.0 Å². The molecule has 0 aliphatic rings. The van der Waals surface area contributed by atoms with Gasteiger partial charge in [0.2, 0.25) is 0 Å². The predicted octanol–water partition coefficient (Wildman–Crippen LogP) is -1.40. The second-order valence-corrected chi connectivity index (χ2v) is 3.75. The molecular formula is C8H22ClNO4+2. The summed E-state index contributed by atoms with van der Waals surface area (Å²) in [6, 6.07) is 0. The van der Waals surface area contributed by atoms with Crippen molar-refractivity contribution in [2.45, 2.75) is 13.0 Å². The Labute approximate surface area is 91.0 Å². The fourth-order valence-electron chi connectivity index (χ4n) is 0.300. The minimum atomic E-state index is -1.23. The molecule has 5 nitrogen and oxygen atoms in total. The van der Waals surface area contributed by atoms with Crippen LogP contribution in [0, 0.1) is 12.4 Å². The first kappa shape index (κ1) is 19.2. The van der Waals surface area contributed by atoms with Gasteiger partial charge in [-0.05, 0) is 6.92 Å². The Morgan fingerprint density at radius 3 is 1.64 bits per heavy atom. The second-order valence-electron chi connectivity index (χ2n) is 3.75. The molecule has 6 heteroatoms. The number of nitrogens with zero attached hydrogens (tertiary/aromatic N) is 1. The molecule has 0 aromatic heterocycles. The standard InChI is InChI=1S/C5H14NO.C3H6O3.ClH2/c1-6(2,3)4-5-7;1-2(4)3(5)6;/h7H,4-5H2,1-3H3;2,4H,1H3,(H,5,6);1H2/q+1;;+1. The molecular weight excluding hydrogens is 210 g/mol. The van der Waals surface area contributed by atoms with Gasteiger partial charge < -0.3 is 19.8 Å². The van der Waals surface area contributed by atoms with Crippen LogP contribution in [0.2, 0.25) is 0 Å². The average molecular weight is 232 g/mol. The number of hydrogen-bond donors (Lipinski definition) is 3. The van der Waals surface area contributed by atoms with E-state index in [1.165, 1.54) is 6.92 Å². The van der Waals surface area contributed by atoms with Crippen LogP contribution in [-0.4, -0.2) is 66.2 Å². The first-order valence-corrected chi connectivity index (χ1v) is 4.03. The van der Waals surface area contributed by atoms with Crippen LogP contribution in [0.4, 0.5) is 0 Å². The largest absolute Gasteiger partial charge is 0.479 e. The molecule has 0 rings (SSSR count). The monoisotopic (exact) mass is 231 g/mol. The van der Waals surface area contributed by atoms with Gasteiger partial charge in [0, 0.05) is 0 Å². The highest BCUT2D eigenvalue weighted by molar-refractivity contribution is 5.71. The first-order chi connectivity index (χ1) is 5.70. The molecule has 14 heavy (non-hydrogen) atoms. The molecule has 1 unspecified atom stereocenters. The van der Waals surface area contributed by atoms with Crippen molar-refractivity contribution in [1.29, 1.82) is 0 Å². The summed E-state index contributed by atoms with van der Waals surface area (Å²) in [5, 5.41) is 24.2. The molecule has 0 amide bonds. The van der Waals surface area contributed by atoms with E-state index in [2.05, 4.69) is 21.1 Å². The summed E-state index contributed by atoms with van der Waals surface area (Å²) >= 11 is 0. The van der Waals surface area contributed by atoms with Gasteiger partial charge in [-0.15, -0.1) is 0 Å². The number of carbonyl (C=O) groups is 1. The zero-order valence-corrected chi connectivity index (χ0v) is 10.0. The Balaban J connectivity index is -0.000000163. The third-order valence-electron chi connectivity index (χ3n) is 1.13. The quantitative estimate of drug-likeness (QED) is 0.523. The van der Waals surface area contributed by atoms with E-state index in [9.17, 15) is 4.79 Å². The van der Waals surface area contributed by atoms with Gasteiger partial charge in [0.05, 0.1) is 40.2 Å². The number of carboxylic acid groups (broad SMARTS) is 1. The number of halogens is 1. The second kappa shape index (κ2) is 9.21. The zero-order valence-electron chi connectivity index (χ0n) is 9.14. The topological polar surface area (TPSA) is 77.8 Å². The maximum atomic E-state index is 9.45. The average Bonchev–Trinajstić information content (AvgIpc) is 1.85. The van der Waals surface area contributed by atoms with Crippen molar-refractivity contribution in [3.8, 4) is 0 Å². The number of quaternary nitrogens is 1. The van der Waals surface area contributed by atoms with Crippen molar-refractivity contribution in [2.24, 2.45) is 0 Å². The van der Waals surface area contributed by atoms with Crippen molar-refractivity contribution >= 4 is 5.97 Å². The van der Waals surface area contributed by atoms with E-state index in [4.69, 9.17) is 15.3 Å². The van der Waals surface area contributed by atoms with Crippen LogP contribution in [0.3, 0.4) is 0 Å². The molecule has 0 aliphatic carbocycles. The Hall–Kier alpha value is -0.360. The van der Waals surface area contributed by atoms with Gasteiger partial charge in [0.15, 0.2) is 0 Å².